The van der Waals surface area contributed by atoms with Crippen molar-refractivity contribution < 1.29 is 14.4 Å². The standard InChI is InChI=1S/C18H26N4O3/c1-18(2,3)22-12-13(11-15(22)23)16(24)20-7-9-21(10-8-20)17(25)14-5-4-6-19-14/h4-6,13,19H,7-12H2,1-3H3/t13-/m0/s1. The first-order valence-electron chi connectivity index (χ1n) is 8.79. The van der Waals surface area contributed by atoms with Crippen LogP contribution >= 0.6 is 0 Å². The molecule has 25 heavy (non-hydrogen) atoms. The van der Waals surface area contributed by atoms with Gasteiger partial charge in [-0.1, -0.05) is 0 Å². The van der Waals surface area contributed by atoms with Gasteiger partial charge >= 0.3 is 0 Å². The Morgan fingerprint density at radius 3 is 2.28 bits per heavy atom. The average Bonchev–Trinajstić information content (AvgIpc) is 3.22. The molecule has 0 bridgehead atoms. The predicted molar refractivity (Wildman–Crippen MR) is 92.8 cm³/mol. The molecule has 0 aromatic carbocycles. The third-order valence-corrected chi connectivity index (χ3v) is 4.99. The van der Waals surface area contributed by atoms with E-state index < -0.39 is 0 Å². The van der Waals surface area contributed by atoms with Gasteiger partial charge in [-0.05, 0) is 32.9 Å². The second-order valence-corrected chi connectivity index (χ2v) is 7.78. The molecule has 136 valence electrons. The average molecular weight is 346 g/mol. The summed E-state index contributed by atoms with van der Waals surface area (Å²) < 4.78 is 0. The van der Waals surface area contributed by atoms with E-state index in [4.69, 9.17) is 0 Å². The number of H-pyrrole nitrogens is 1. The van der Waals surface area contributed by atoms with Crippen molar-refractivity contribution in [3.8, 4) is 0 Å². The van der Waals surface area contributed by atoms with Gasteiger partial charge < -0.3 is 19.7 Å². The second kappa shape index (κ2) is 6.54. The highest BCUT2D eigenvalue weighted by Crippen LogP contribution is 2.27. The topological polar surface area (TPSA) is 76.7 Å². The minimum atomic E-state index is -0.266. The van der Waals surface area contributed by atoms with Gasteiger partial charge in [-0.2, -0.15) is 0 Å². The lowest BCUT2D eigenvalue weighted by molar-refractivity contribution is -0.137. The molecule has 3 rings (SSSR count). The Balaban J connectivity index is 1.56. The summed E-state index contributed by atoms with van der Waals surface area (Å²) in [5.41, 5.74) is 0.315. The number of amides is 3. The van der Waals surface area contributed by atoms with E-state index in [1.807, 2.05) is 20.8 Å². The molecule has 3 heterocycles. The predicted octanol–water partition coefficient (Wildman–Crippen LogP) is 0.946. The lowest BCUT2D eigenvalue weighted by atomic mass is 10.1. The third-order valence-electron chi connectivity index (χ3n) is 4.99. The van der Waals surface area contributed by atoms with Crippen LogP contribution in [0.3, 0.4) is 0 Å². The van der Waals surface area contributed by atoms with Crippen molar-refractivity contribution in [3.63, 3.8) is 0 Å². The van der Waals surface area contributed by atoms with Gasteiger partial charge in [-0.15, -0.1) is 0 Å². The van der Waals surface area contributed by atoms with Gasteiger partial charge in [0.2, 0.25) is 11.8 Å². The zero-order valence-electron chi connectivity index (χ0n) is 15.1. The van der Waals surface area contributed by atoms with Gasteiger partial charge in [0.25, 0.3) is 5.91 Å². The summed E-state index contributed by atoms with van der Waals surface area (Å²) in [6, 6.07) is 3.55. The highest BCUT2D eigenvalue weighted by Gasteiger charge is 2.41. The Hall–Kier alpha value is -2.31. The van der Waals surface area contributed by atoms with Gasteiger partial charge in [0.05, 0.1) is 5.92 Å². The van der Waals surface area contributed by atoms with Crippen LogP contribution in [0.5, 0.6) is 0 Å². The van der Waals surface area contributed by atoms with Crippen LogP contribution in [0.15, 0.2) is 18.3 Å². The Kier molecular flexibility index (Phi) is 4.58. The van der Waals surface area contributed by atoms with Gasteiger partial charge in [0.15, 0.2) is 0 Å². The number of nitrogens with one attached hydrogen (secondary N) is 1. The lowest BCUT2D eigenvalue weighted by Crippen LogP contribution is -2.52. The summed E-state index contributed by atoms with van der Waals surface area (Å²) in [6.45, 7) is 8.54. The smallest absolute Gasteiger partial charge is 0.270 e. The van der Waals surface area contributed by atoms with Crippen molar-refractivity contribution in [2.24, 2.45) is 5.92 Å². The largest absolute Gasteiger partial charge is 0.357 e. The minimum absolute atomic E-state index is 0.0343. The molecule has 1 aromatic heterocycles. The number of aromatic nitrogens is 1. The molecule has 1 N–H and O–H groups in total. The molecule has 2 aliphatic heterocycles. The molecule has 3 amide bonds. The zero-order chi connectivity index (χ0) is 18.2. The van der Waals surface area contributed by atoms with E-state index in [9.17, 15) is 14.4 Å². The molecule has 0 spiro atoms. The third kappa shape index (κ3) is 3.55. The molecule has 1 atom stereocenters. The minimum Gasteiger partial charge on any atom is -0.357 e. The summed E-state index contributed by atoms with van der Waals surface area (Å²) >= 11 is 0. The molecule has 0 unspecified atom stereocenters. The summed E-state index contributed by atoms with van der Waals surface area (Å²) in [5.74, 6) is -0.220. The van der Waals surface area contributed by atoms with Crippen molar-refractivity contribution in [2.75, 3.05) is 32.7 Å². The summed E-state index contributed by atoms with van der Waals surface area (Å²) in [6.07, 6.45) is 2.02. The number of carbonyl (C=O) groups excluding carboxylic acids is 3. The number of rotatable bonds is 2. The number of likely N-dealkylation sites (tertiary alicyclic amines) is 1. The summed E-state index contributed by atoms with van der Waals surface area (Å²) in [5, 5.41) is 0. The van der Waals surface area contributed by atoms with Crippen molar-refractivity contribution in [2.45, 2.75) is 32.7 Å². The van der Waals surface area contributed by atoms with Gasteiger partial charge in [-0.3, -0.25) is 14.4 Å². The molecular weight excluding hydrogens is 320 g/mol. The molecule has 7 nitrogen and oxygen atoms in total. The van der Waals surface area contributed by atoms with E-state index in [1.165, 1.54) is 0 Å². The van der Waals surface area contributed by atoms with Crippen LogP contribution in [0, 0.1) is 5.92 Å². The fourth-order valence-electron chi connectivity index (χ4n) is 3.54. The van der Waals surface area contributed by atoms with Gasteiger partial charge in [0, 0.05) is 50.9 Å². The van der Waals surface area contributed by atoms with E-state index in [2.05, 4.69) is 4.98 Å². The van der Waals surface area contributed by atoms with Crippen LogP contribution in [0.4, 0.5) is 0 Å². The first-order chi connectivity index (χ1) is 11.8. The summed E-state index contributed by atoms with van der Waals surface area (Å²) in [7, 11) is 0. The quantitative estimate of drug-likeness (QED) is 0.866. The molecule has 0 aliphatic carbocycles. The van der Waals surface area contributed by atoms with E-state index >= 15 is 0 Å². The molecular formula is C18H26N4O3. The molecule has 2 aliphatic rings. The van der Waals surface area contributed by atoms with E-state index in [-0.39, 0.29) is 35.6 Å². The zero-order valence-corrected chi connectivity index (χ0v) is 15.1. The SMILES string of the molecule is CC(C)(C)N1C[C@@H](C(=O)N2CCN(C(=O)c3ccc[nH]3)CC2)CC1=O. The first-order valence-corrected chi connectivity index (χ1v) is 8.79. The second-order valence-electron chi connectivity index (χ2n) is 7.78. The number of aromatic amines is 1. The van der Waals surface area contributed by atoms with Crippen LogP contribution in [-0.2, 0) is 9.59 Å². The first kappa shape index (κ1) is 17.5. The number of hydrogen-bond acceptors (Lipinski definition) is 3. The monoisotopic (exact) mass is 346 g/mol. The Bertz CT molecular complexity index is 654. The van der Waals surface area contributed by atoms with Crippen molar-refractivity contribution in [1.29, 1.82) is 0 Å². The molecule has 0 radical (unpaired) electrons. The molecule has 0 saturated carbocycles. The number of carbonyl (C=O) groups is 3. The van der Waals surface area contributed by atoms with Crippen LogP contribution in [0.25, 0.3) is 0 Å². The Morgan fingerprint density at radius 2 is 1.76 bits per heavy atom. The molecule has 1 aromatic rings. The highest BCUT2D eigenvalue weighted by molar-refractivity contribution is 5.93. The van der Waals surface area contributed by atoms with Gasteiger partial charge in [-0.25, -0.2) is 0 Å². The fraction of sp³-hybridized carbons (Fsp3) is 0.611. The van der Waals surface area contributed by atoms with Crippen LogP contribution in [0.1, 0.15) is 37.7 Å². The lowest BCUT2D eigenvalue weighted by Gasteiger charge is -2.36. The van der Waals surface area contributed by atoms with E-state index in [0.29, 0.717) is 38.4 Å². The molecule has 2 fully saturated rings. The highest BCUT2D eigenvalue weighted by atomic mass is 16.2. The number of hydrogen-bond donors (Lipinski definition) is 1. The van der Waals surface area contributed by atoms with Crippen molar-refractivity contribution in [3.05, 3.63) is 24.0 Å². The van der Waals surface area contributed by atoms with Crippen molar-refractivity contribution in [1.82, 2.24) is 19.7 Å². The normalized spacial score (nSPS) is 21.8. The van der Waals surface area contributed by atoms with Crippen LogP contribution in [-0.4, -0.2) is 75.7 Å². The number of nitrogens with zero attached hydrogens (tertiary/aromatic N) is 3. The fourth-order valence-corrected chi connectivity index (χ4v) is 3.54. The van der Waals surface area contributed by atoms with Crippen LogP contribution in [0.2, 0.25) is 0 Å². The molecule has 2 saturated heterocycles. The Labute approximate surface area is 148 Å². The maximum Gasteiger partial charge on any atom is 0.270 e. The summed E-state index contributed by atoms with van der Waals surface area (Å²) in [4.78, 5) is 45.6. The van der Waals surface area contributed by atoms with E-state index in [1.54, 1.807) is 33.0 Å². The van der Waals surface area contributed by atoms with Crippen LogP contribution < -0.4 is 0 Å². The maximum atomic E-state index is 12.8. The number of piperazine rings is 1. The van der Waals surface area contributed by atoms with Gasteiger partial charge in [0.1, 0.15) is 5.69 Å². The van der Waals surface area contributed by atoms with E-state index in [0.717, 1.165) is 0 Å². The van der Waals surface area contributed by atoms with Crippen molar-refractivity contribution >= 4 is 17.7 Å². The molecule has 7 heteroatoms. The maximum absolute atomic E-state index is 12.8. The Morgan fingerprint density at radius 1 is 1.12 bits per heavy atom.